The van der Waals surface area contributed by atoms with Crippen LogP contribution in [0.4, 0.5) is 0 Å². The third kappa shape index (κ3) is 7.19. The summed E-state index contributed by atoms with van der Waals surface area (Å²) in [4.78, 5) is 0. The zero-order valence-corrected chi connectivity index (χ0v) is 13.4. The molecule has 110 valence electrons. The number of rotatable bonds is 9. The second kappa shape index (κ2) is 7.95. The lowest BCUT2D eigenvalue weighted by Gasteiger charge is -2.13. The van der Waals surface area contributed by atoms with Crippen molar-refractivity contribution < 1.29 is 25.9 Å². The van der Waals surface area contributed by atoms with Crippen LogP contribution in [0.5, 0.6) is 0 Å². The highest BCUT2D eigenvalue weighted by atomic mass is 32.3. The molecule has 2 atom stereocenters. The van der Waals surface area contributed by atoms with Crippen molar-refractivity contribution in [3.63, 3.8) is 0 Å². The largest absolute Gasteiger partial charge is 0.285 e. The van der Waals surface area contributed by atoms with Crippen LogP contribution in [0.3, 0.4) is 0 Å². The second-order valence-corrected chi connectivity index (χ2v) is 9.86. The predicted octanol–water partition coefficient (Wildman–Crippen LogP) is 1.70. The summed E-state index contributed by atoms with van der Waals surface area (Å²) in [5.74, 6) is 0.768. The minimum atomic E-state index is -4.06. The lowest BCUT2D eigenvalue weighted by molar-refractivity contribution is 0.476. The monoisotopic (exact) mass is 338 g/mol. The Morgan fingerprint density at radius 1 is 0.833 bits per heavy atom. The van der Waals surface area contributed by atoms with Gasteiger partial charge in [0, 0.05) is 11.5 Å². The Morgan fingerprint density at radius 2 is 1.11 bits per heavy atom. The molecule has 0 fully saturated rings. The van der Waals surface area contributed by atoms with Crippen LogP contribution in [0, 0.1) is 0 Å². The van der Waals surface area contributed by atoms with Crippen LogP contribution >= 0.6 is 23.5 Å². The van der Waals surface area contributed by atoms with E-state index in [-0.39, 0.29) is 12.8 Å². The Morgan fingerprint density at radius 3 is 1.28 bits per heavy atom. The molecule has 0 aliphatic carbocycles. The van der Waals surface area contributed by atoms with E-state index < -0.39 is 29.4 Å². The Balaban J connectivity index is 4.14. The maximum Gasteiger partial charge on any atom is 0.277 e. The summed E-state index contributed by atoms with van der Waals surface area (Å²) < 4.78 is 59.6. The van der Waals surface area contributed by atoms with Gasteiger partial charge < -0.3 is 0 Å². The van der Waals surface area contributed by atoms with Gasteiger partial charge in [-0.2, -0.15) is 16.8 Å². The van der Waals surface area contributed by atoms with Crippen LogP contribution in [-0.2, 0) is 20.2 Å². The molecule has 0 saturated carbocycles. The summed E-state index contributed by atoms with van der Waals surface area (Å²) in [5.41, 5.74) is 0. The minimum Gasteiger partial charge on any atom is -0.285 e. The molecular weight excluding hydrogens is 320 g/mol. The first kappa shape index (κ1) is 18.5. The van der Waals surface area contributed by atoms with Gasteiger partial charge in [-0.15, -0.1) is 23.5 Å². The molecule has 0 spiro atoms. The minimum absolute atomic E-state index is 0.281. The van der Waals surface area contributed by atoms with Crippen molar-refractivity contribution in [3.8, 4) is 0 Å². The average molecular weight is 338 g/mol. The van der Waals surface area contributed by atoms with Gasteiger partial charge in [0.05, 0.1) is 0 Å². The summed E-state index contributed by atoms with van der Waals surface area (Å²) in [6.07, 6.45) is 0.563. The highest BCUT2D eigenvalue weighted by Gasteiger charge is 2.23. The molecule has 0 radical (unpaired) electrons. The van der Waals surface area contributed by atoms with Crippen molar-refractivity contribution in [2.75, 3.05) is 11.5 Å². The van der Waals surface area contributed by atoms with Crippen LogP contribution in [0.2, 0.25) is 0 Å². The molecule has 0 amide bonds. The number of hydrogen-bond donors (Lipinski definition) is 2. The quantitative estimate of drug-likeness (QED) is 0.483. The van der Waals surface area contributed by atoms with Crippen molar-refractivity contribution in [2.24, 2.45) is 0 Å². The van der Waals surface area contributed by atoms with Crippen LogP contribution < -0.4 is 0 Å². The molecule has 0 aromatic rings. The zero-order chi connectivity index (χ0) is 14.4. The fourth-order valence-electron chi connectivity index (χ4n) is 1.19. The smallest absolute Gasteiger partial charge is 0.277 e. The van der Waals surface area contributed by atoms with Crippen molar-refractivity contribution in [3.05, 3.63) is 0 Å². The molecular formula is C8H18O6S4. The van der Waals surface area contributed by atoms with E-state index >= 15 is 0 Å². The first-order valence-electron chi connectivity index (χ1n) is 5.28. The van der Waals surface area contributed by atoms with E-state index in [9.17, 15) is 16.8 Å². The van der Waals surface area contributed by atoms with Crippen molar-refractivity contribution in [2.45, 2.75) is 35.9 Å². The first-order valence-corrected chi connectivity index (χ1v) is 10.4. The molecule has 0 aliphatic heterocycles. The summed E-state index contributed by atoms with van der Waals surface area (Å²) >= 11 is 2.11. The number of hydrogen-bond acceptors (Lipinski definition) is 6. The highest BCUT2D eigenvalue weighted by molar-refractivity contribution is 8.14. The van der Waals surface area contributed by atoms with Crippen molar-refractivity contribution in [1.29, 1.82) is 0 Å². The van der Waals surface area contributed by atoms with E-state index in [0.717, 1.165) is 23.5 Å². The van der Waals surface area contributed by atoms with E-state index in [4.69, 9.17) is 9.11 Å². The van der Waals surface area contributed by atoms with Gasteiger partial charge in [-0.1, -0.05) is 13.8 Å². The predicted molar refractivity (Wildman–Crippen MR) is 76.2 cm³/mol. The third-order valence-electron chi connectivity index (χ3n) is 2.02. The lowest BCUT2D eigenvalue weighted by Crippen LogP contribution is -2.18. The Labute approximate surface area is 117 Å². The van der Waals surface area contributed by atoms with Gasteiger partial charge in [0.1, 0.15) is 9.16 Å². The van der Waals surface area contributed by atoms with E-state index in [1.165, 1.54) is 0 Å². The topological polar surface area (TPSA) is 109 Å². The zero-order valence-electron chi connectivity index (χ0n) is 10.1. The molecule has 0 aromatic carbocycles. The van der Waals surface area contributed by atoms with E-state index in [1.54, 1.807) is 13.8 Å². The maximum absolute atomic E-state index is 10.9. The Kier molecular flexibility index (Phi) is 8.18. The van der Waals surface area contributed by atoms with Gasteiger partial charge >= 0.3 is 0 Å². The Bertz CT molecular complexity index is 387. The highest BCUT2D eigenvalue weighted by Crippen LogP contribution is 2.24. The summed E-state index contributed by atoms with van der Waals surface area (Å²) in [7, 11) is -8.13. The first-order chi connectivity index (χ1) is 8.12. The molecule has 0 bridgehead atoms. The van der Waals surface area contributed by atoms with E-state index in [0.29, 0.717) is 11.5 Å². The molecule has 0 rings (SSSR count). The Hall–Kier alpha value is 0.520. The third-order valence-corrected chi connectivity index (χ3v) is 8.84. The summed E-state index contributed by atoms with van der Waals surface area (Å²) in [6, 6.07) is 0. The maximum atomic E-state index is 10.9. The van der Waals surface area contributed by atoms with Crippen LogP contribution in [0.1, 0.15) is 26.7 Å². The van der Waals surface area contributed by atoms with E-state index in [2.05, 4.69) is 0 Å². The number of thioether (sulfide) groups is 2. The molecule has 10 heteroatoms. The second-order valence-electron chi connectivity index (χ2n) is 3.45. The summed E-state index contributed by atoms with van der Waals surface area (Å²) in [6.45, 7) is 3.29. The summed E-state index contributed by atoms with van der Waals surface area (Å²) in [5, 5.41) is 0. The molecule has 0 aliphatic rings. The van der Waals surface area contributed by atoms with Crippen molar-refractivity contribution in [1.82, 2.24) is 0 Å². The van der Waals surface area contributed by atoms with E-state index in [1.807, 2.05) is 0 Å². The lowest BCUT2D eigenvalue weighted by atomic mass is 10.6. The van der Waals surface area contributed by atoms with Gasteiger partial charge in [-0.25, -0.2) is 0 Å². The molecule has 0 saturated heterocycles. The molecule has 2 unspecified atom stereocenters. The van der Waals surface area contributed by atoms with Gasteiger partial charge in [0.2, 0.25) is 0 Å². The van der Waals surface area contributed by atoms with Gasteiger partial charge in [0.25, 0.3) is 20.2 Å². The standard InChI is InChI=1S/C8H18O6S4/c1-3-7(17(9,10)11)15-5-6-16-8(4-2)18(12,13)14/h7-8H,3-6H2,1-2H3,(H,9,10,11)(H,12,13,14). The normalized spacial score (nSPS) is 16.4. The SMILES string of the molecule is CCC(SCCSC(CC)S(=O)(=O)O)S(=O)(=O)O. The molecule has 6 nitrogen and oxygen atoms in total. The molecule has 18 heavy (non-hydrogen) atoms. The van der Waals surface area contributed by atoms with Crippen LogP contribution in [-0.4, -0.2) is 46.6 Å². The van der Waals surface area contributed by atoms with Gasteiger partial charge in [0.15, 0.2) is 0 Å². The van der Waals surface area contributed by atoms with Crippen molar-refractivity contribution >= 4 is 43.8 Å². The fourth-order valence-corrected chi connectivity index (χ4v) is 5.75. The molecule has 2 N–H and O–H groups in total. The average Bonchev–Trinajstić information content (AvgIpc) is 2.19. The molecule has 0 aromatic heterocycles. The molecule has 0 heterocycles. The van der Waals surface area contributed by atoms with Crippen LogP contribution in [0.15, 0.2) is 0 Å². The fraction of sp³-hybridized carbons (Fsp3) is 1.00. The van der Waals surface area contributed by atoms with Gasteiger partial charge in [-0.3, -0.25) is 9.11 Å². The van der Waals surface area contributed by atoms with Crippen LogP contribution in [0.25, 0.3) is 0 Å². The van der Waals surface area contributed by atoms with Gasteiger partial charge in [-0.05, 0) is 12.8 Å².